The Kier molecular flexibility index (Phi) is 4.17. The number of hydrogen-bond donors (Lipinski definition) is 0. The maximum Gasteiger partial charge on any atom is 0.228 e. The lowest BCUT2D eigenvalue weighted by atomic mass is 10.1. The number of hydrogen-bond acceptors (Lipinski definition) is 5. The molecule has 6 nitrogen and oxygen atoms in total. The van der Waals surface area contributed by atoms with Gasteiger partial charge in [-0.05, 0) is 26.2 Å². The standard InChI is InChI=1S/C17H27N5O/c1-13-12-18-16(19-14(13)20(3)4)22-9-5-8-21(10-11-22)15(23)17(2)6-7-17/h12H,5-11H2,1-4H3. The van der Waals surface area contributed by atoms with Crippen molar-refractivity contribution in [2.45, 2.75) is 33.1 Å². The summed E-state index contributed by atoms with van der Waals surface area (Å²) >= 11 is 0. The molecule has 0 radical (unpaired) electrons. The number of anilines is 2. The third kappa shape index (κ3) is 3.26. The molecule has 1 aromatic rings. The highest BCUT2D eigenvalue weighted by atomic mass is 16.2. The van der Waals surface area contributed by atoms with Gasteiger partial charge in [-0.2, -0.15) is 4.98 Å². The minimum absolute atomic E-state index is 0.0758. The molecule has 1 aromatic heterocycles. The Morgan fingerprint density at radius 1 is 1.22 bits per heavy atom. The van der Waals surface area contributed by atoms with Gasteiger partial charge in [-0.25, -0.2) is 4.98 Å². The Morgan fingerprint density at radius 3 is 2.61 bits per heavy atom. The van der Waals surface area contributed by atoms with Crippen LogP contribution >= 0.6 is 0 Å². The van der Waals surface area contributed by atoms with E-state index in [4.69, 9.17) is 4.98 Å². The van der Waals surface area contributed by atoms with Crippen LogP contribution in [0, 0.1) is 12.3 Å². The highest BCUT2D eigenvalue weighted by molar-refractivity contribution is 5.85. The van der Waals surface area contributed by atoms with Crippen molar-refractivity contribution in [1.82, 2.24) is 14.9 Å². The van der Waals surface area contributed by atoms with Crippen molar-refractivity contribution < 1.29 is 4.79 Å². The quantitative estimate of drug-likeness (QED) is 0.849. The molecule has 126 valence electrons. The molecular weight excluding hydrogens is 290 g/mol. The summed E-state index contributed by atoms with van der Waals surface area (Å²) in [7, 11) is 4.00. The minimum atomic E-state index is -0.0758. The summed E-state index contributed by atoms with van der Waals surface area (Å²) in [6.07, 6.45) is 4.94. The van der Waals surface area contributed by atoms with E-state index in [0.29, 0.717) is 5.91 Å². The topological polar surface area (TPSA) is 52.6 Å². The molecule has 1 saturated heterocycles. The van der Waals surface area contributed by atoms with E-state index in [1.54, 1.807) is 0 Å². The van der Waals surface area contributed by atoms with Crippen LogP contribution in [0.2, 0.25) is 0 Å². The van der Waals surface area contributed by atoms with Crippen LogP contribution in [0.3, 0.4) is 0 Å². The molecule has 1 aliphatic carbocycles. The molecule has 0 aromatic carbocycles. The summed E-state index contributed by atoms with van der Waals surface area (Å²) in [5.41, 5.74) is 1.00. The second kappa shape index (κ2) is 5.98. The van der Waals surface area contributed by atoms with E-state index in [2.05, 4.69) is 16.8 Å². The van der Waals surface area contributed by atoms with Crippen LogP contribution in [0.4, 0.5) is 11.8 Å². The first-order valence-corrected chi connectivity index (χ1v) is 8.46. The van der Waals surface area contributed by atoms with Crippen LogP contribution in [0.5, 0.6) is 0 Å². The van der Waals surface area contributed by atoms with Gasteiger partial charge in [-0.15, -0.1) is 0 Å². The Balaban J connectivity index is 1.70. The fourth-order valence-corrected chi connectivity index (χ4v) is 3.13. The highest BCUT2D eigenvalue weighted by Gasteiger charge is 2.47. The van der Waals surface area contributed by atoms with E-state index in [9.17, 15) is 4.79 Å². The molecule has 2 fully saturated rings. The Labute approximate surface area is 138 Å². The molecule has 2 heterocycles. The fraction of sp³-hybridized carbons (Fsp3) is 0.706. The van der Waals surface area contributed by atoms with Gasteiger partial charge in [0, 0.05) is 57.4 Å². The van der Waals surface area contributed by atoms with Gasteiger partial charge in [0.25, 0.3) is 0 Å². The molecule has 0 spiro atoms. The molecular formula is C17H27N5O. The van der Waals surface area contributed by atoms with Gasteiger partial charge in [0.2, 0.25) is 11.9 Å². The number of aromatic nitrogens is 2. The molecule has 23 heavy (non-hydrogen) atoms. The zero-order chi connectivity index (χ0) is 16.6. The predicted octanol–water partition coefficient (Wildman–Crippen LogP) is 1.69. The number of nitrogens with zero attached hydrogens (tertiary/aromatic N) is 5. The molecule has 1 saturated carbocycles. The first-order chi connectivity index (χ1) is 10.9. The zero-order valence-corrected chi connectivity index (χ0v) is 14.7. The molecule has 0 atom stereocenters. The van der Waals surface area contributed by atoms with Crippen molar-refractivity contribution >= 4 is 17.7 Å². The van der Waals surface area contributed by atoms with Gasteiger partial charge in [0.05, 0.1) is 0 Å². The maximum atomic E-state index is 12.5. The van der Waals surface area contributed by atoms with Gasteiger partial charge < -0.3 is 14.7 Å². The van der Waals surface area contributed by atoms with E-state index >= 15 is 0 Å². The smallest absolute Gasteiger partial charge is 0.228 e. The zero-order valence-electron chi connectivity index (χ0n) is 14.7. The minimum Gasteiger partial charge on any atom is -0.362 e. The van der Waals surface area contributed by atoms with Crippen molar-refractivity contribution in [3.05, 3.63) is 11.8 Å². The number of rotatable bonds is 3. The largest absolute Gasteiger partial charge is 0.362 e. The second-order valence-corrected chi connectivity index (χ2v) is 7.26. The molecule has 3 rings (SSSR count). The van der Waals surface area contributed by atoms with Crippen LogP contribution < -0.4 is 9.80 Å². The number of aryl methyl sites for hydroxylation is 1. The van der Waals surface area contributed by atoms with Gasteiger partial charge in [-0.3, -0.25) is 4.79 Å². The summed E-state index contributed by atoms with van der Waals surface area (Å²) in [6, 6.07) is 0. The molecule has 2 aliphatic rings. The molecule has 1 amide bonds. The normalized spacial score (nSPS) is 20.2. The lowest BCUT2D eigenvalue weighted by molar-refractivity contribution is -0.136. The summed E-state index contributed by atoms with van der Waals surface area (Å²) in [4.78, 5) is 28.0. The Hall–Kier alpha value is -1.85. The Morgan fingerprint density at radius 2 is 1.96 bits per heavy atom. The fourth-order valence-electron chi connectivity index (χ4n) is 3.13. The van der Waals surface area contributed by atoms with Crippen molar-refractivity contribution in [1.29, 1.82) is 0 Å². The van der Waals surface area contributed by atoms with Crippen LogP contribution in [0.1, 0.15) is 31.7 Å². The molecule has 1 aliphatic heterocycles. The van der Waals surface area contributed by atoms with Crippen molar-refractivity contribution in [2.75, 3.05) is 50.1 Å². The first kappa shape index (κ1) is 16.0. The van der Waals surface area contributed by atoms with E-state index in [1.165, 1.54) is 0 Å². The average molecular weight is 317 g/mol. The highest BCUT2D eigenvalue weighted by Crippen LogP contribution is 2.46. The number of carbonyl (C=O) groups is 1. The van der Waals surface area contributed by atoms with Gasteiger partial charge in [0.1, 0.15) is 5.82 Å². The first-order valence-electron chi connectivity index (χ1n) is 8.46. The van der Waals surface area contributed by atoms with E-state index in [0.717, 1.165) is 62.8 Å². The molecule has 0 N–H and O–H groups in total. The van der Waals surface area contributed by atoms with E-state index in [-0.39, 0.29) is 5.41 Å². The van der Waals surface area contributed by atoms with E-state index < -0.39 is 0 Å². The number of amides is 1. The Bertz CT molecular complexity index is 597. The van der Waals surface area contributed by atoms with Crippen molar-refractivity contribution in [2.24, 2.45) is 5.41 Å². The predicted molar refractivity (Wildman–Crippen MR) is 91.8 cm³/mol. The van der Waals surface area contributed by atoms with Gasteiger partial charge in [0.15, 0.2) is 0 Å². The lowest BCUT2D eigenvalue weighted by Crippen LogP contribution is -2.39. The summed E-state index contributed by atoms with van der Waals surface area (Å²) < 4.78 is 0. The number of carbonyl (C=O) groups excluding carboxylic acids is 1. The van der Waals surface area contributed by atoms with E-state index in [1.807, 2.05) is 37.0 Å². The van der Waals surface area contributed by atoms with Gasteiger partial charge >= 0.3 is 0 Å². The van der Waals surface area contributed by atoms with Gasteiger partial charge in [-0.1, -0.05) is 6.92 Å². The molecule has 0 unspecified atom stereocenters. The SMILES string of the molecule is Cc1cnc(N2CCCN(C(=O)C3(C)CC3)CC2)nc1N(C)C. The summed E-state index contributed by atoms with van der Waals surface area (Å²) in [5.74, 6) is 2.06. The molecule has 0 bridgehead atoms. The lowest BCUT2D eigenvalue weighted by Gasteiger charge is -2.25. The third-order valence-corrected chi connectivity index (χ3v) is 4.94. The van der Waals surface area contributed by atoms with Crippen molar-refractivity contribution in [3.63, 3.8) is 0 Å². The average Bonchev–Trinajstić information content (AvgIpc) is 3.30. The summed E-state index contributed by atoms with van der Waals surface area (Å²) in [6.45, 7) is 7.43. The van der Waals surface area contributed by atoms with Crippen LogP contribution in [0.25, 0.3) is 0 Å². The maximum absolute atomic E-state index is 12.5. The molecule has 6 heteroatoms. The van der Waals surface area contributed by atoms with Crippen LogP contribution in [-0.4, -0.2) is 61.0 Å². The van der Waals surface area contributed by atoms with Crippen LogP contribution in [0.15, 0.2) is 6.20 Å². The second-order valence-electron chi connectivity index (χ2n) is 7.26. The monoisotopic (exact) mass is 317 g/mol. The van der Waals surface area contributed by atoms with Crippen LogP contribution in [-0.2, 0) is 4.79 Å². The third-order valence-electron chi connectivity index (χ3n) is 4.94. The van der Waals surface area contributed by atoms with Crippen molar-refractivity contribution in [3.8, 4) is 0 Å². The summed E-state index contributed by atoms with van der Waals surface area (Å²) in [5, 5.41) is 0.